The fourth-order valence-electron chi connectivity index (χ4n) is 2.13. The molecule has 2 amide bonds. The summed E-state index contributed by atoms with van der Waals surface area (Å²) in [6, 6.07) is 4.91. The van der Waals surface area contributed by atoms with Gasteiger partial charge in [0.15, 0.2) is 0 Å². The number of carbonyl (C=O) groups excluding carboxylic acids is 2. The Morgan fingerprint density at radius 3 is 2.17 bits per heavy atom. The lowest BCUT2D eigenvalue weighted by Crippen LogP contribution is -2.51. The van der Waals surface area contributed by atoms with Crippen LogP contribution in [0.2, 0.25) is 0 Å². The first-order valence-corrected chi connectivity index (χ1v) is 9.07. The van der Waals surface area contributed by atoms with E-state index in [4.69, 9.17) is 10.3 Å². The third-order valence-corrected chi connectivity index (χ3v) is 4.15. The van der Waals surface area contributed by atoms with E-state index in [0.29, 0.717) is 12.0 Å². The molecule has 1 unspecified atom stereocenters. The number of amides is 2. The summed E-state index contributed by atoms with van der Waals surface area (Å²) in [5.74, 6) is -1.19. The van der Waals surface area contributed by atoms with Crippen molar-refractivity contribution >= 4 is 21.9 Å². The van der Waals surface area contributed by atoms with Gasteiger partial charge < -0.3 is 16.4 Å². The summed E-state index contributed by atoms with van der Waals surface area (Å²) in [5, 5.41) is 5.06. The van der Waals surface area contributed by atoms with Gasteiger partial charge in [0, 0.05) is 7.05 Å². The first kappa shape index (κ1) is 20.1. The Morgan fingerprint density at radius 2 is 1.71 bits per heavy atom. The molecule has 0 aromatic heterocycles. The fourth-order valence-corrected chi connectivity index (χ4v) is 2.75. The van der Waals surface area contributed by atoms with Crippen LogP contribution in [-0.2, 0) is 31.9 Å². The van der Waals surface area contributed by atoms with Crippen molar-refractivity contribution in [2.45, 2.75) is 37.6 Å². The summed E-state index contributed by atoms with van der Waals surface area (Å²) in [5.41, 5.74) is 7.03. The molecule has 8 nitrogen and oxygen atoms in total. The van der Waals surface area contributed by atoms with E-state index in [1.807, 2.05) is 0 Å². The molecule has 0 bridgehead atoms. The highest BCUT2D eigenvalue weighted by Gasteiger charge is 2.21. The number of hydrogen-bond donors (Lipinski definition) is 4. The zero-order chi connectivity index (χ0) is 18.3. The van der Waals surface area contributed by atoms with Crippen LogP contribution >= 0.6 is 0 Å². The van der Waals surface area contributed by atoms with Crippen LogP contribution in [0.3, 0.4) is 0 Å². The largest absolute Gasteiger partial charge is 0.357 e. The number of carbonyl (C=O) groups is 2. The van der Waals surface area contributed by atoms with Gasteiger partial charge in [0.05, 0.1) is 6.04 Å². The predicted molar refractivity (Wildman–Crippen MR) is 89.7 cm³/mol. The Labute approximate surface area is 141 Å². The molecular formula is C15H23N3O5S. The lowest BCUT2D eigenvalue weighted by Gasteiger charge is -2.18. The van der Waals surface area contributed by atoms with Gasteiger partial charge in [0.1, 0.15) is 11.8 Å². The maximum Gasteiger partial charge on any atom is 0.269 e. The predicted octanol–water partition coefficient (Wildman–Crippen LogP) is -0.415. The monoisotopic (exact) mass is 357 g/mol. The molecule has 0 radical (unpaired) electrons. The van der Waals surface area contributed by atoms with Crippen molar-refractivity contribution in [1.82, 2.24) is 10.6 Å². The van der Waals surface area contributed by atoms with Crippen LogP contribution in [0.5, 0.6) is 0 Å². The molecule has 0 saturated heterocycles. The van der Waals surface area contributed by atoms with Crippen LogP contribution in [0.4, 0.5) is 0 Å². The average molecular weight is 357 g/mol. The Hall–Kier alpha value is -1.97. The standard InChI is InChI=1S/C15H23N3O5S/c1-3-13(15(20)17-2)18-14(19)12(16)8-10-4-6-11(7-5-10)9-24(21,22)23/h4-7,12-13H,3,8-9,16H2,1-2H3,(H,17,20)(H,18,19)(H,21,22,23)/t12?,13-/m0/s1. The molecule has 0 heterocycles. The number of benzene rings is 1. The molecule has 5 N–H and O–H groups in total. The van der Waals surface area contributed by atoms with E-state index in [2.05, 4.69) is 10.6 Å². The second-order valence-corrected chi connectivity index (χ2v) is 6.89. The van der Waals surface area contributed by atoms with Crippen LogP contribution in [0, 0.1) is 0 Å². The molecule has 1 rings (SSSR count). The van der Waals surface area contributed by atoms with Gasteiger partial charge in [0.25, 0.3) is 10.1 Å². The molecule has 0 aliphatic carbocycles. The second kappa shape index (κ2) is 8.76. The SMILES string of the molecule is CC[C@H](NC(=O)C(N)Cc1ccc(CS(=O)(=O)O)cc1)C(=O)NC. The highest BCUT2D eigenvalue weighted by molar-refractivity contribution is 7.85. The van der Waals surface area contributed by atoms with Crippen LogP contribution in [0.25, 0.3) is 0 Å². The second-order valence-electron chi connectivity index (χ2n) is 5.44. The van der Waals surface area contributed by atoms with Crippen molar-refractivity contribution in [3.8, 4) is 0 Å². The van der Waals surface area contributed by atoms with Gasteiger partial charge in [-0.15, -0.1) is 0 Å². The summed E-state index contributed by atoms with van der Waals surface area (Å²) in [6.07, 6.45) is 0.685. The van der Waals surface area contributed by atoms with Crippen molar-refractivity contribution in [2.24, 2.45) is 5.73 Å². The van der Waals surface area contributed by atoms with E-state index in [1.165, 1.54) is 7.05 Å². The number of nitrogens with one attached hydrogen (secondary N) is 2. The number of rotatable bonds is 8. The number of likely N-dealkylation sites (N-methyl/N-ethyl adjacent to an activating group) is 1. The van der Waals surface area contributed by atoms with Crippen LogP contribution in [-0.4, -0.2) is 43.9 Å². The summed E-state index contributed by atoms with van der Waals surface area (Å²) in [6.45, 7) is 1.78. The molecule has 0 aliphatic rings. The molecule has 9 heteroatoms. The summed E-state index contributed by atoms with van der Waals surface area (Å²) < 4.78 is 30.4. The van der Waals surface area contributed by atoms with E-state index in [0.717, 1.165) is 5.56 Å². The van der Waals surface area contributed by atoms with E-state index in [1.54, 1.807) is 31.2 Å². The Balaban J connectivity index is 2.65. The summed E-state index contributed by atoms with van der Waals surface area (Å²) >= 11 is 0. The van der Waals surface area contributed by atoms with Crippen LogP contribution in [0.1, 0.15) is 24.5 Å². The zero-order valence-corrected chi connectivity index (χ0v) is 14.5. The summed E-state index contributed by atoms with van der Waals surface area (Å²) in [4.78, 5) is 23.6. The highest BCUT2D eigenvalue weighted by Crippen LogP contribution is 2.09. The molecule has 0 fully saturated rings. The lowest BCUT2D eigenvalue weighted by molar-refractivity contribution is -0.129. The van der Waals surface area contributed by atoms with E-state index >= 15 is 0 Å². The van der Waals surface area contributed by atoms with Crippen LogP contribution < -0.4 is 16.4 Å². The number of hydrogen-bond acceptors (Lipinski definition) is 5. The Kier molecular flexibility index (Phi) is 7.33. The van der Waals surface area contributed by atoms with E-state index in [-0.39, 0.29) is 12.3 Å². The Morgan fingerprint density at radius 1 is 1.17 bits per heavy atom. The van der Waals surface area contributed by atoms with Gasteiger partial charge in [-0.3, -0.25) is 14.1 Å². The van der Waals surface area contributed by atoms with Crippen molar-refractivity contribution in [3.63, 3.8) is 0 Å². The normalized spacial score (nSPS) is 13.8. The van der Waals surface area contributed by atoms with Gasteiger partial charge in [-0.05, 0) is 24.0 Å². The van der Waals surface area contributed by atoms with E-state index in [9.17, 15) is 18.0 Å². The van der Waals surface area contributed by atoms with Crippen molar-refractivity contribution in [1.29, 1.82) is 0 Å². The van der Waals surface area contributed by atoms with Crippen molar-refractivity contribution in [2.75, 3.05) is 7.05 Å². The first-order chi connectivity index (χ1) is 11.2. The summed E-state index contributed by atoms with van der Waals surface area (Å²) in [7, 11) is -2.59. The third kappa shape index (κ3) is 6.65. The maximum absolute atomic E-state index is 12.1. The minimum atomic E-state index is -4.08. The third-order valence-electron chi connectivity index (χ3n) is 3.45. The molecule has 134 valence electrons. The fraction of sp³-hybridized carbons (Fsp3) is 0.467. The molecule has 2 atom stereocenters. The van der Waals surface area contributed by atoms with Gasteiger partial charge in [-0.2, -0.15) is 8.42 Å². The van der Waals surface area contributed by atoms with Crippen LogP contribution in [0.15, 0.2) is 24.3 Å². The minimum Gasteiger partial charge on any atom is -0.357 e. The highest BCUT2D eigenvalue weighted by atomic mass is 32.2. The molecular weight excluding hydrogens is 334 g/mol. The first-order valence-electron chi connectivity index (χ1n) is 7.46. The average Bonchev–Trinajstić information content (AvgIpc) is 2.52. The molecule has 0 spiro atoms. The Bertz CT molecular complexity index is 673. The lowest BCUT2D eigenvalue weighted by atomic mass is 10.0. The van der Waals surface area contributed by atoms with E-state index < -0.39 is 33.9 Å². The quantitative estimate of drug-likeness (QED) is 0.466. The topological polar surface area (TPSA) is 139 Å². The molecule has 1 aromatic carbocycles. The molecule has 0 aliphatic heterocycles. The van der Waals surface area contributed by atoms with Gasteiger partial charge in [0.2, 0.25) is 11.8 Å². The van der Waals surface area contributed by atoms with Crippen molar-refractivity contribution in [3.05, 3.63) is 35.4 Å². The zero-order valence-electron chi connectivity index (χ0n) is 13.7. The van der Waals surface area contributed by atoms with Gasteiger partial charge in [-0.25, -0.2) is 0 Å². The minimum absolute atomic E-state index is 0.238. The smallest absolute Gasteiger partial charge is 0.269 e. The molecule has 0 saturated carbocycles. The maximum atomic E-state index is 12.1. The molecule has 1 aromatic rings. The van der Waals surface area contributed by atoms with Gasteiger partial charge >= 0.3 is 0 Å². The number of nitrogens with two attached hydrogens (primary N) is 1. The van der Waals surface area contributed by atoms with Gasteiger partial charge in [-0.1, -0.05) is 31.2 Å². The van der Waals surface area contributed by atoms with Crippen molar-refractivity contribution < 1.29 is 22.6 Å². The molecule has 24 heavy (non-hydrogen) atoms.